The van der Waals surface area contributed by atoms with Crippen molar-refractivity contribution in [3.63, 3.8) is 0 Å². The fourth-order valence-electron chi connectivity index (χ4n) is 1.08. The van der Waals surface area contributed by atoms with Crippen molar-refractivity contribution in [3.8, 4) is 0 Å². The van der Waals surface area contributed by atoms with Gasteiger partial charge in [0.1, 0.15) is 5.01 Å². The van der Waals surface area contributed by atoms with Crippen LogP contribution in [-0.2, 0) is 13.0 Å². The molecule has 0 aliphatic carbocycles. The highest BCUT2D eigenvalue weighted by Gasteiger charge is 2.02. The summed E-state index contributed by atoms with van der Waals surface area (Å²) in [5.41, 5.74) is 0. The van der Waals surface area contributed by atoms with Crippen LogP contribution >= 0.6 is 34.3 Å². The number of hydrogen-bond donors (Lipinski definition) is 1. The summed E-state index contributed by atoms with van der Waals surface area (Å²) in [6.07, 6.45) is 0.935. The minimum absolute atomic E-state index is 0.760. The largest absolute Gasteiger partial charge is 0.355 e. The fourth-order valence-corrected chi connectivity index (χ4v) is 2.78. The highest BCUT2D eigenvalue weighted by atomic mass is 35.5. The van der Waals surface area contributed by atoms with Crippen LogP contribution < -0.4 is 5.32 Å². The van der Waals surface area contributed by atoms with E-state index in [4.69, 9.17) is 11.6 Å². The molecule has 2 aromatic heterocycles. The molecule has 0 aliphatic rings. The Hall–Kier alpha value is -0.650. The molecule has 0 radical (unpaired) electrons. The quantitative estimate of drug-likeness (QED) is 0.914. The maximum Gasteiger partial charge on any atom is 0.205 e. The van der Waals surface area contributed by atoms with E-state index in [0.29, 0.717) is 0 Å². The maximum atomic E-state index is 5.83. The monoisotopic (exact) mass is 259 g/mol. The summed E-state index contributed by atoms with van der Waals surface area (Å²) in [6.45, 7) is 2.83. The topological polar surface area (TPSA) is 37.8 Å². The van der Waals surface area contributed by atoms with E-state index in [1.165, 1.54) is 4.88 Å². The van der Waals surface area contributed by atoms with Gasteiger partial charge in [-0.05, 0) is 18.6 Å². The van der Waals surface area contributed by atoms with Crippen LogP contribution in [0.15, 0.2) is 12.1 Å². The molecule has 1 N–H and O–H groups in total. The number of nitrogens with zero attached hydrogens (tertiary/aromatic N) is 2. The Balaban J connectivity index is 1.93. The highest BCUT2D eigenvalue weighted by Crippen LogP contribution is 2.23. The van der Waals surface area contributed by atoms with Crippen molar-refractivity contribution in [2.75, 3.05) is 5.32 Å². The number of hydrogen-bond acceptors (Lipinski definition) is 5. The lowest BCUT2D eigenvalue weighted by atomic mass is 10.5. The van der Waals surface area contributed by atoms with E-state index in [2.05, 4.69) is 22.4 Å². The summed E-state index contributed by atoms with van der Waals surface area (Å²) >= 11 is 9.01. The maximum absolute atomic E-state index is 5.83. The summed E-state index contributed by atoms with van der Waals surface area (Å²) in [6, 6.07) is 3.92. The second-order valence-electron chi connectivity index (χ2n) is 2.91. The van der Waals surface area contributed by atoms with Crippen molar-refractivity contribution < 1.29 is 0 Å². The summed E-state index contributed by atoms with van der Waals surface area (Å²) < 4.78 is 0.818. The molecule has 0 aliphatic heterocycles. The van der Waals surface area contributed by atoms with Gasteiger partial charge in [0.15, 0.2) is 0 Å². The number of rotatable bonds is 4. The van der Waals surface area contributed by atoms with Gasteiger partial charge in [-0.15, -0.1) is 21.5 Å². The Kier molecular flexibility index (Phi) is 3.56. The Labute approximate surface area is 101 Å². The van der Waals surface area contributed by atoms with E-state index < -0.39 is 0 Å². The molecule has 15 heavy (non-hydrogen) atoms. The molecule has 0 atom stereocenters. The first-order chi connectivity index (χ1) is 7.28. The standard InChI is InChI=1S/C9H10ClN3S2/c1-2-8-12-13-9(15-8)11-5-6-3-4-7(10)14-6/h3-4H,2,5H2,1H3,(H,11,13). The van der Waals surface area contributed by atoms with Crippen molar-refractivity contribution in [1.82, 2.24) is 10.2 Å². The smallest absolute Gasteiger partial charge is 0.205 e. The second-order valence-corrected chi connectivity index (χ2v) is 5.78. The molecule has 80 valence electrons. The van der Waals surface area contributed by atoms with Gasteiger partial charge in [0.2, 0.25) is 5.13 Å². The first-order valence-corrected chi connectivity index (χ1v) is 6.59. The van der Waals surface area contributed by atoms with Crippen molar-refractivity contribution in [3.05, 3.63) is 26.4 Å². The lowest BCUT2D eigenvalue weighted by Crippen LogP contribution is -1.96. The predicted molar refractivity (Wildman–Crippen MR) is 65.9 cm³/mol. The van der Waals surface area contributed by atoms with Gasteiger partial charge in [-0.2, -0.15) is 0 Å². The van der Waals surface area contributed by atoms with Crippen LogP contribution in [0.1, 0.15) is 16.8 Å². The number of thiophene rings is 1. The van der Waals surface area contributed by atoms with Crippen LogP contribution in [0, 0.1) is 0 Å². The molecule has 0 aromatic carbocycles. The third-order valence-electron chi connectivity index (χ3n) is 1.81. The molecule has 0 bridgehead atoms. The van der Waals surface area contributed by atoms with Gasteiger partial charge in [0, 0.05) is 4.88 Å². The summed E-state index contributed by atoms with van der Waals surface area (Å²) in [5, 5.41) is 13.2. The van der Waals surface area contributed by atoms with Crippen LogP contribution in [-0.4, -0.2) is 10.2 Å². The van der Waals surface area contributed by atoms with E-state index in [1.807, 2.05) is 12.1 Å². The molecule has 0 saturated carbocycles. The third-order valence-corrected chi connectivity index (χ3v) is 4.07. The summed E-state index contributed by atoms with van der Waals surface area (Å²) in [4.78, 5) is 1.20. The van der Waals surface area contributed by atoms with Gasteiger partial charge in [0.25, 0.3) is 0 Å². The van der Waals surface area contributed by atoms with Gasteiger partial charge >= 0.3 is 0 Å². The molecule has 0 amide bonds. The van der Waals surface area contributed by atoms with E-state index in [9.17, 15) is 0 Å². The zero-order valence-electron chi connectivity index (χ0n) is 8.16. The normalized spacial score (nSPS) is 10.5. The highest BCUT2D eigenvalue weighted by molar-refractivity contribution is 7.16. The number of nitrogens with one attached hydrogen (secondary N) is 1. The number of anilines is 1. The molecule has 3 nitrogen and oxygen atoms in total. The minimum Gasteiger partial charge on any atom is -0.355 e. The lowest BCUT2D eigenvalue weighted by molar-refractivity contribution is 0.977. The molecule has 0 unspecified atom stereocenters. The first kappa shape index (κ1) is 10.9. The predicted octanol–water partition coefficient (Wildman–Crippen LogP) is 3.43. The van der Waals surface area contributed by atoms with Gasteiger partial charge in [-0.25, -0.2) is 0 Å². The Morgan fingerprint density at radius 3 is 2.80 bits per heavy atom. The second kappa shape index (κ2) is 4.92. The molecule has 2 aromatic rings. The summed E-state index contributed by atoms with van der Waals surface area (Å²) in [7, 11) is 0. The molecular formula is C9H10ClN3S2. The number of aromatic nitrogens is 2. The number of aryl methyl sites for hydroxylation is 1. The van der Waals surface area contributed by atoms with Crippen LogP contribution in [0.5, 0.6) is 0 Å². The third kappa shape index (κ3) is 2.90. The average molecular weight is 260 g/mol. The Morgan fingerprint density at radius 1 is 1.33 bits per heavy atom. The fraction of sp³-hybridized carbons (Fsp3) is 0.333. The van der Waals surface area contributed by atoms with Gasteiger partial charge in [-0.3, -0.25) is 0 Å². The van der Waals surface area contributed by atoms with Gasteiger partial charge in [0.05, 0.1) is 10.9 Å². The zero-order valence-corrected chi connectivity index (χ0v) is 10.5. The lowest BCUT2D eigenvalue weighted by Gasteiger charge is -1.97. The molecule has 2 rings (SSSR count). The first-order valence-electron chi connectivity index (χ1n) is 4.58. The minimum atomic E-state index is 0.760. The van der Waals surface area contributed by atoms with Crippen LogP contribution in [0.25, 0.3) is 0 Å². The molecule has 0 spiro atoms. The Bertz CT molecular complexity index is 438. The summed E-state index contributed by atoms with van der Waals surface area (Å²) in [5.74, 6) is 0. The number of halogens is 1. The van der Waals surface area contributed by atoms with Crippen LogP contribution in [0.2, 0.25) is 4.34 Å². The van der Waals surface area contributed by atoms with E-state index in [0.717, 1.165) is 27.4 Å². The van der Waals surface area contributed by atoms with Crippen molar-refractivity contribution in [2.45, 2.75) is 19.9 Å². The van der Waals surface area contributed by atoms with Crippen molar-refractivity contribution in [1.29, 1.82) is 0 Å². The molecule has 0 fully saturated rings. The van der Waals surface area contributed by atoms with Crippen molar-refractivity contribution >= 4 is 39.4 Å². The molecule has 6 heteroatoms. The van der Waals surface area contributed by atoms with Crippen LogP contribution in [0.3, 0.4) is 0 Å². The van der Waals surface area contributed by atoms with E-state index in [1.54, 1.807) is 22.7 Å². The van der Waals surface area contributed by atoms with Crippen LogP contribution in [0.4, 0.5) is 5.13 Å². The molecular weight excluding hydrogens is 250 g/mol. The zero-order chi connectivity index (χ0) is 10.7. The van der Waals surface area contributed by atoms with Crippen molar-refractivity contribution in [2.24, 2.45) is 0 Å². The average Bonchev–Trinajstić information content (AvgIpc) is 2.83. The molecule has 2 heterocycles. The SMILES string of the molecule is CCc1nnc(NCc2ccc(Cl)s2)s1. The van der Waals surface area contributed by atoms with E-state index >= 15 is 0 Å². The Morgan fingerprint density at radius 2 is 2.20 bits per heavy atom. The van der Waals surface area contributed by atoms with E-state index in [-0.39, 0.29) is 0 Å². The van der Waals surface area contributed by atoms with Gasteiger partial charge < -0.3 is 5.32 Å². The van der Waals surface area contributed by atoms with Gasteiger partial charge in [-0.1, -0.05) is 29.9 Å². The molecule has 0 saturated heterocycles.